The fraction of sp³-hybridized carbons (Fsp3) is 0.118. The number of carbonyl (C=O) groups excluding carboxylic acids is 2. The van der Waals surface area contributed by atoms with Crippen LogP contribution < -0.4 is 10.6 Å². The van der Waals surface area contributed by atoms with E-state index >= 15 is 0 Å². The van der Waals surface area contributed by atoms with Crippen molar-refractivity contribution in [3.8, 4) is 0 Å². The van der Waals surface area contributed by atoms with Crippen LogP contribution in [0, 0.1) is 6.92 Å². The van der Waals surface area contributed by atoms with E-state index in [9.17, 15) is 9.59 Å². The highest BCUT2D eigenvalue weighted by molar-refractivity contribution is 6.05. The van der Waals surface area contributed by atoms with Gasteiger partial charge in [0.1, 0.15) is 5.52 Å². The number of carbonyl (C=O) groups is 2. The molecule has 0 radical (unpaired) electrons. The molecular weight excluding hydrogens is 294 g/mol. The number of oxazole rings is 1. The van der Waals surface area contributed by atoms with Crippen LogP contribution in [-0.2, 0) is 4.79 Å². The second-order valence-electron chi connectivity index (χ2n) is 5.13. The molecule has 1 aromatic heterocycles. The quantitative estimate of drug-likeness (QED) is 0.777. The highest BCUT2D eigenvalue weighted by atomic mass is 16.3. The van der Waals surface area contributed by atoms with Gasteiger partial charge in [-0.3, -0.25) is 9.59 Å². The molecule has 0 atom stereocenters. The first-order valence-corrected chi connectivity index (χ1v) is 7.07. The molecule has 0 unspecified atom stereocenters. The summed E-state index contributed by atoms with van der Waals surface area (Å²) in [5, 5.41) is 5.47. The molecule has 0 saturated carbocycles. The van der Waals surface area contributed by atoms with Crippen LogP contribution in [0.1, 0.15) is 23.2 Å². The monoisotopic (exact) mass is 309 g/mol. The Balaban J connectivity index is 1.75. The Labute approximate surface area is 132 Å². The van der Waals surface area contributed by atoms with Crippen molar-refractivity contribution in [1.29, 1.82) is 0 Å². The molecule has 0 aliphatic heterocycles. The molecule has 2 N–H and O–H groups in total. The Morgan fingerprint density at radius 2 is 1.70 bits per heavy atom. The van der Waals surface area contributed by atoms with Gasteiger partial charge in [-0.25, -0.2) is 4.98 Å². The first-order valence-electron chi connectivity index (χ1n) is 7.07. The highest BCUT2D eigenvalue weighted by Crippen LogP contribution is 2.20. The van der Waals surface area contributed by atoms with E-state index in [0.29, 0.717) is 33.9 Å². The summed E-state index contributed by atoms with van der Waals surface area (Å²) in [5.41, 5.74) is 3.16. The summed E-state index contributed by atoms with van der Waals surface area (Å²) in [6.07, 6.45) is 0. The molecule has 1 heterocycles. The van der Waals surface area contributed by atoms with Crippen molar-refractivity contribution in [3.63, 3.8) is 0 Å². The number of hydrogen-bond donors (Lipinski definition) is 2. The minimum absolute atomic E-state index is 0.154. The number of hydrogen-bond acceptors (Lipinski definition) is 4. The van der Waals surface area contributed by atoms with Gasteiger partial charge in [-0.05, 0) is 42.5 Å². The van der Waals surface area contributed by atoms with E-state index in [4.69, 9.17) is 4.42 Å². The van der Waals surface area contributed by atoms with E-state index in [1.54, 1.807) is 49.4 Å². The van der Waals surface area contributed by atoms with Gasteiger partial charge in [0, 0.05) is 30.8 Å². The zero-order chi connectivity index (χ0) is 16.4. The molecule has 23 heavy (non-hydrogen) atoms. The van der Waals surface area contributed by atoms with Gasteiger partial charge in [-0.15, -0.1) is 0 Å². The van der Waals surface area contributed by atoms with E-state index in [0.717, 1.165) is 0 Å². The predicted molar refractivity (Wildman–Crippen MR) is 87.4 cm³/mol. The van der Waals surface area contributed by atoms with Crippen molar-refractivity contribution in [2.75, 3.05) is 10.6 Å². The average molecular weight is 309 g/mol. The molecule has 0 spiro atoms. The molecule has 0 aliphatic rings. The summed E-state index contributed by atoms with van der Waals surface area (Å²) in [4.78, 5) is 27.5. The number of nitrogens with one attached hydrogen (secondary N) is 2. The molecular formula is C17H15N3O3. The number of aryl methyl sites for hydroxylation is 1. The molecule has 0 bridgehead atoms. The van der Waals surface area contributed by atoms with Crippen molar-refractivity contribution < 1.29 is 14.0 Å². The lowest BCUT2D eigenvalue weighted by Gasteiger charge is -2.06. The summed E-state index contributed by atoms with van der Waals surface area (Å²) < 4.78 is 5.40. The summed E-state index contributed by atoms with van der Waals surface area (Å²) in [7, 11) is 0. The highest BCUT2D eigenvalue weighted by Gasteiger charge is 2.08. The maximum atomic E-state index is 12.2. The third-order valence-electron chi connectivity index (χ3n) is 3.22. The minimum atomic E-state index is -0.237. The Kier molecular flexibility index (Phi) is 3.80. The van der Waals surface area contributed by atoms with Gasteiger partial charge in [0.25, 0.3) is 5.91 Å². The van der Waals surface area contributed by atoms with Crippen LogP contribution >= 0.6 is 0 Å². The van der Waals surface area contributed by atoms with E-state index in [-0.39, 0.29) is 11.8 Å². The van der Waals surface area contributed by atoms with Gasteiger partial charge in [-0.2, -0.15) is 0 Å². The zero-order valence-electron chi connectivity index (χ0n) is 12.7. The molecule has 2 aromatic carbocycles. The van der Waals surface area contributed by atoms with Crippen LogP contribution in [0.25, 0.3) is 11.1 Å². The van der Waals surface area contributed by atoms with Crippen molar-refractivity contribution in [3.05, 3.63) is 53.9 Å². The second kappa shape index (κ2) is 5.92. The number of benzene rings is 2. The van der Waals surface area contributed by atoms with Crippen LogP contribution in [0.2, 0.25) is 0 Å². The smallest absolute Gasteiger partial charge is 0.255 e. The van der Waals surface area contributed by atoms with Crippen molar-refractivity contribution in [1.82, 2.24) is 4.98 Å². The number of nitrogens with zero attached hydrogens (tertiary/aromatic N) is 1. The molecule has 0 saturated heterocycles. The summed E-state index contributed by atoms with van der Waals surface area (Å²) in [6.45, 7) is 3.21. The maximum Gasteiger partial charge on any atom is 0.255 e. The lowest BCUT2D eigenvalue weighted by atomic mass is 10.2. The van der Waals surface area contributed by atoms with Crippen LogP contribution in [0.15, 0.2) is 46.9 Å². The first-order chi connectivity index (χ1) is 11.0. The number of aromatic nitrogens is 1. The predicted octanol–water partition coefficient (Wildman–Crippen LogP) is 3.35. The number of anilines is 2. The zero-order valence-corrected chi connectivity index (χ0v) is 12.7. The first kappa shape index (κ1) is 14.8. The molecule has 0 aliphatic carbocycles. The van der Waals surface area contributed by atoms with Crippen LogP contribution in [0.5, 0.6) is 0 Å². The maximum absolute atomic E-state index is 12.2. The fourth-order valence-corrected chi connectivity index (χ4v) is 2.23. The molecule has 6 nitrogen and oxygen atoms in total. The van der Waals surface area contributed by atoms with E-state index < -0.39 is 0 Å². The summed E-state index contributed by atoms with van der Waals surface area (Å²) in [5.74, 6) is 0.189. The van der Waals surface area contributed by atoms with Crippen LogP contribution in [-0.4, -0.2) is 16.8 Å². The van der Waals surface area contributed by atoms with Gasteiger partial charge in [0.15, 0.2) is 11.5 Å². The molecule has 3 rings (SSSR count). The lowest BCUT2D eigenvalue weighted by molar-refractivity contribution is -0.114. The Morgan fingerprint density at radius 3 is 2.39 bits per heavy atom. The number of rotatable bonds is 3. The molecule has 6 heteroatoms. The third kappa shape index (κ3) is 3.37. The Hall–Kier alpha value is -3.15. The van der Waals surface area contributed by atoms with E-state index in [1.165, 1.54) is 6.92 Å². The van der Waals surface area contributed by atoms with Crippen molar-refractivity contribution in [2.24, 2.45) is 0 Å². The van der Waals surface area contributed by atoms with E-state index in [2.05, 4.69) is 15.6 Å². The van der Waals surface area contributed by atoms with Gasteiger partial charge in [0.05, 0.1) is 0 Å². The molecule has 3 aromatic rings. The lowest BCUT2D eigenvalue weighted by Crippen LogP contribution is -2.12. The second-order valence-corrected chi connectivity index (χ2v) is 5.13. The van der Waals surface area contributed by atoms with Crippen molar-refractivity contribution in [2.45, 2.75) is 13.8 Å². The average Bonchev–Trinajstić information content (AvgIpc) is 2.86. The fourth-order valence-electron chi connectivity index (χ4n) is 2.23. The van der Waals surface area contributed by atoms with Crippen molar-refractivity contribution >= 4 is 34.3 Å². The SMILES string of the molecule is CC(=O)Nc1ccc(C(=O)Nc2ccc3oc(C)nc3c2)cc1. The minimum Gasteiger partial charge on any atom is -0.441 e. The van der Waals surface area contributed by atoms with Gasteiger partial charge < -0.3 is 15.1 Å². The number of amides is 2. The summed E-state index contributed by atoms with van der Waals surface area (Å²) in [6, 6.07) is 12.0. The van der Waals surface area contributed by atoms with Gasteiger partial charge in [-0.1, -0.05) is 0 Å². The van der Waals surface area contributed by atoms with Gasteiger partial charge >= 0.3 is 0 Å². The normalized spacial score (nSPS) is 10.5. The largest absolute Gasteiger partial charge is 0.441 e. The molecule has 116 valence electrons. The van der Waals surface area contributed by atoms with Crippen LogP contribution in [0.4, 0.5) is 11.4 Å². The summed E-state index contributed by atoms with van der Waals surface area (Å²) >= 11 is 0. The Bertz CT molecular complexity index is 882. The van der Waals surface area contributed by atoms with Crippen LogP contribution in [0.3, 0.4) is 0 Å². The van der Waals surface area contributed by atoms with E-state index in [1.807, 2.05) is 0 Å². The topological polar surface area (TPSA) is 84.2 Å². The Morgan fingerprint density at radius 1 is 1.00 bits per heavy atom. The number of fused-ring (bicyclic) bond motifs is 1. The molecule has 0 fully saturated rings. The standard InChI is InChI=1S/C17H15N3O3/c1-10(21)18-13-5-3-12(4-6-13)17(22)20-14-7-8-16-15(9-14)19-11(2)23-16/h3-9H,1-2H3,(H,18,21)(H,20,22). The molecule has 2 amide bonds. The third-order valence-corrected chi connectivity index (χ3v) is 3.22. The van der Waals surface area contributed by atoms with Gasteiger partial charge in [0.2, 0.25) is 5.91 Å².